The Morgan fingerprint density at radius 3 is 2.92 bits per heavy atom. The van der Waals surface area contributed by atoms with Gasteiger partial charge in [-0.05, 0) is 31.2 Å². The van der Waals surface area contributed by atoms with Gasteiger partial charge in [0.1, 0.15) is 11.0 Å². The lowest BCUT2D eigenvalue weighted by Crippen LogP contribution is -2.35. The van der Waals surface area contributed by atoms with Gasteiger partial charge in [0, 0.05) is 23.4 Å². The molecule has 25 heavy (non-hydrogen) atoms. The number of hydrogen-bond acceptors (Lipinski definition) is 7. The second kappa shape index (κ2) is 8.95. The number of carbonyl (C=O) groups is 2. The molecule has 1 amide bonds. The average Bonchev–Trinajstić information content (AvgIpc) is 3.28. The summed E-state index contributed by atoms with van der Waals surface area (Å²) in [6.07, 6.45) is 0.982. The topological polar surface area (TPSA) is 90.7 Å². The van der Waals surface area contributed by atoms with Gasteiger partial charge in [-0.2, -0.15) is 0 Å². The first-order valence-electron chi connectivity index (χ1n) is 7.93. The van der Waals surface area contributed by atoms with E-state index in [9.17, 15) is 9.59 Å². The van der Waals surface area contributed by atoms with Crippen LogP contribution in [0, 0.1) is 0 Å². The Labute approximate surface area is 160 Å². The first-order valence-corrected chi connectivity index (χ1v) is 9.62. The minimum atomic E-state index is -0.456. The molecule has 0 spiro atoms. The predicted octanol–water partition coefficient (Wildman–Crippen LogP) is 2.68. The van der Waals surface area contributed by atoms with E-state index in [0.29, 0.717) is 31.0 Å². The molecule has 9 heteroatoms. The van der Waals surface area contributed by atoms with Crippen molar-refractivity contribution in [2.75, 3.05) is 13.2 Å². The summed E-state index contributed by atoms with van der Waals surface area (Å²) in [5.74, 6) is -0.493. The molecular formula is C16H21ClN2O4S2. The third kappa shape index (κ3) is 4.32. The number of nitrogens with two attached hydrogens (primary N) is 1. The van der Waals surface area contributed by atoms with Crippen molar-refractivity contribution in [3.8, 4) is 0 Å². The lowest BCUT2D eigenvalue weighted by molar-refractivity contribution is -0.132. The van der Waals surface area contributed by atoms with Crippen molar-refractivity contribution in [2.24, 2.45) is 5.73 Å². The van der Waals surface area contributed by atoms with Crippen LogP contribution in [0.4, 0.5) is 0 Å². The van der Waals surface area contributed by atoms with Crippen molar-refractivity contribution in [3.63, 3.8) is 0 Å². The maximum absolute atomic E-state index is 12.3. The highest BCUT2D eigenvalue weighted by Gasteiger charge is 2.30. The van der Waals surface area contributed by atoms with Crippen LogP contribution in [0.5, 0.6) is 0 Å². The summed E-state index contributed by atoms with van der Waals surface area (Å²) in [4.78, 5) is 25.0. The summed E-state index contributed by atoms with van der Waals surface area (Å²) >= 11 is 2.97. The number of nitrogens with one attached hydrogen (secondary N) is 1. The molecule has 6 nitrogen and oxygen atoms in total. The monoisotopic (exact) mass is 404 g/mol. The largest absolute Gasteiger partial charge is 0.462 e. The first kappa shape index (κ1) is 20.1. The van der Waals surface area contributed by atoms with E-state index in [1.165, 1.54) is 11.3 Å². The van der Waals surface area contributed by atoms with E-state index in [1.54, 1.807) is 18.3 Å². The zero-order valence-electron chi connectivity index (χ0n) is 13.8. The number of carbonyl (C=O) groups excluding carboxylic acids is 2. The standard InChI is InChI=1S/C16H20N2O4S2.ClH/c1-2-21-16(20)14-10(13-12(24-14)5-6-23-13)8-18-15(19)11-4-3-9(7-17)22-11;/h5-6,9,11H,2-4,7-8,17H2,1H3,(H,18,19);1H/t9-,11+;/m1./s1. The van der Waals surface area contributed by atoms with Gasteiger partial charge < -0.3 is 20.5 Å². The van der Waals surface area contributed by atoms with Gasteiger partial charge in [0.25, 0.3) is 0 Å². The van der Waals surface area contributed by atoms with Crippen LogP contribution in [-0.4, -0.2) is 37.2 Å². The van der Waals surface area contributed by atoms with Crippen LogP contribution in [0.25, 0.3) is 9.40 Å². The molecule has 2 aromatic heterocycles. The zero-order valence-corrected chi connectivity index (χ0v) is 16.2. The van der Waals surface area contributed by atoms with Crippen LogP contribution in [0.15, 0.2) is 11.4 Å². The summed E-state index contributed by atoms with van der Waals surface area (Å²) in [6, 6.07) is 1.98. The van der Waals surface area contributed by atoms with Gasteiger partial charge in [-0.25, -0.2) is 4.79 Å². The molecule has 2 aromatic rings. The van der Waals surface area contributed by atoms with Crippen LogP contribution in [0.2, 0.25) is 0 Å². The van der Waals surface area contributed by atoms with E-state index < -0.39 is 6.10 Å². The number of esters is 1. The van der Waals surface area contributed by atoms with Gasteiger partial charge in [0.15, 0.2) is 0 Å². The fourth-order valence-electron chi connectivity index (χ4n) is 2.76. The van der Waals surface area contributed by atoms with Gasteiger partial charge in [-0.3, -0.25) is 4.79 Å². The SMILES string of the molecule is CCOC(=O)c1sc2ccsc2c1CNC(=O)[C@@H]1CC[C@H](CN)O1.Cl. The molecule has 3 rings (SSSR count). The minimum Gasteiger partial charge on any atom is -0.462 e. The van der Waals surface area contributed by atoms with Crippen molar-refractivity contribution in [2.45, 2.75) is 38.5 Å². The third-order valence-electron chi connectivity index (χ3n) is 3.95. The second-order valence-electron chi connectivity index (χ2n) is 5.52. The van der Waals surface area contributed by atoms with E-state index in [2.05, 4.69) is 5.32 Å². The highest BCUT2D eigenvalue weighted by molar-refractivity contribution is 7.28. The normalized spacial score (nSPS) is 19.6. The van der Waals surface area contributed by atoms with Crippen molar-refractivity contribution >= 4 is 56.4 Å². The Bertz CT molecular complexity index is 746. The Kier molecular flexibility index (Phi) is 7.21. The Hall–Kier alpha value is -1.19. The van der Waals surface area contributed by atoms with Crippen molar-refractivity contribution in [1.82, 2.24) is 5.32 Å². The Morgan fingerprint density at radius 2 is 2.24 bits per heavy atom. The maximum atomic E-state index is 12.3. The number of thiophene rings is 2. The fraction of sp³-hybridized carbons (Fsp3) is 0.500. The smallest absolute Gasteiger partial charge is 0.348 e. The minimum absolute atomic E-state index is 0. The molecule has 0 saturated carbocycles. The van der Waals surface area contributed by atoms with Crippen LogP contribution in [-0.2, 0) is 20.8 Å². The molecular weight excluding hydrogens is 384 g/mol. The number of ether oxygens (including phenoxy) is 2. The van der Waals surface area contributed by atoms with E-state index in [-0.39, 0.29) is 30.4 Å². The van der Waals surface area contributed by atoms with Crippen LogP contribution in [0.3, 0.4) is 0 Å². The van der Waals surface area contributed by atoms with Gasteiger partial charge in [0.05, 0.1) is 17.4 Å². The summed E-state index contributed by atoms with van der Waals surface area (Å²) < 4.78 is 12.8. The number of amides is 1. The zero-order chi connectivity index (χ0) is 17.1. The van der Waals surface area contributed by atoms with Crippen LogP contribution in [0.1, 0.15) is 35.0 Å². The summed E-state index contributed by atoms with van der Waals surface area (Å²) in [7, 11) is 0. The number of halogens is 1. The molecule has 0 radical (unpaired) electrons. The van der Waals surface area contributed by atoms with Crippen molar-refractivity contribution in [3.05, 3.63) is 21.9 Å². The molecule has 1 aliphatic rings. The van der Waals surface area contributed by atoms with E-state index in [1.807, 2.05) is 11.4 Å². The predicted molar refractivity (Wildman–Crippen MR) is 102 cm³/mol. The summed E-state index contributed by atoms with van der Waals surface area (Å²) in [5, 5.41) is 4.87. The molecule has 3 N–H and O–H groups in total. The molecule has 138 valence electrons. The third-order valence-corrected chi connectivity index (χ3v) is 6.23. The number of fused-ring (bicyclic) bond motifs is 1. The highest BCUT2D eigenvalue weighted by atomic mass is 35.5. The Morgan fingerprint density at radius 1 is 1.44 bits per heavy atom. The molecule has 1 saturated heterocycles. The van der Waals surface area contributed by atoms with Gasteiger partial charge >= 0.3 is 5.97 Å². The molecule has 0 bridgehead atoms. The number of rotatable bonds is 6. The van der Waals surface area contributed by atoms with E-state index in [4.69, 9.17) is 15.2 Å². The lowest BCUT2D eigenvalue weighted by atomic mass is 10.2. The molecule has 0 aliphatic carbocycles. The quantitative estimate of drug-likeness (QED) is 0.722. The molecule has 0 unspecified atom stereocenters. The van der Waals surface area contributed by atoms with Crippen LogP contribution < -0.4 is 11.1 Å². The molecule has 2 atom stereocenters. The average molecular weight is 405 g/mol. The van der Waals surface area contributed by atoms with Crippen molar-refractivity contribution < 1.29 is 19.1 Å². The molecule has 3 heterocycles. The summed E-state index contributed by atoms with van der Waals surface area (Å²) in [6.45, 7) is 2.82. The van der Waals surface area contributed by atoms with Gasteiger partial charge in [0.2, 0.25) is 5.91 Å². The molecule has 0 aromatic carbocycles. The molecule has 1 aliphatic heterocycles. The Balaban J connectivity index is 0.00000225. The summed E-state index contributed by atoms with van der Waals surface area (Å²) in [5.41, 5.74) is 6.40. The first-order chi connectivity index (χ1) is 11.6. The fourth-order valence-corrected chi connectivity index (χ4v) is 5.03. The van der Waals surface area contributed by atoms with E-state index >= 15 is 0 Å². The maximum Gasteiger partial charge on any atom is 0.348 e. The lowest BCUT2D eigenvalue weighted by Gasteiger charge is -2.13. The van der Waals surface area contributed by atoms with Crippen LogP contribution >= 0.6 is 35.1 Å². The van der Waals surface area contributed by atoms with Gasteiger partial charge in [-0.1, -0.05) is 0 Å². The van der Waals surface area contributed by atoms with E-state index in [0.717, 1.165) is 21.4 Å². The molecule has 1 fully saturated rings. The van der Waals surface area contributed by atoms with Crippen molar-refractivity contribution in [1.29, 1.82) is 0 Å². The number of hydrogen-bond donors (Lipinski definition) is 2. The van der Waals surface area contributed by atoms with Gasteiger partial charge in [-0.15, -0.1) is 35.1 Å². The second-order valence-corrected chi connectivity index (χ2v) is 7.49. The highest BCUT2D eigenvalue weighted by Crippen LogP contribution is 2.35.